The standard InChI is InChI=1S/C27H33F3N6O3/c1-17-2-3-20(32-26(38)35-6-4-18(16-35)15-27(28,29)30)14-21(17)19-12-23(34-8-10-39-11-9-34)33-24(13-19)36-7-5-22(31)25(36)37/h2-3,12-14,18,22H,4-11,15-16,31H2,1H3,(H,32,38)/t18-,22-/m0/s1. The summed E-state index contributed by atoms with van der Waals surface area (Å²) in [6.07, 6.45) is -4.24. The third kappa shape index (κ3) is 6.27. The van der Waals surface area contributed by atoms with Crippen LogP contribution < -0.4 is 20.9 Å². The predicted molar refractivity (Wildman–Crippen MR) is 142 cm³/mol. The second kappa shape index (κ2) is 11.0. The lowest BCUT2D eigenvalue weighted by Crippen LogP contribution is -2.38. The van der Waals surface area contributed by atoms with Gasteiger partial charge in [-0.15, -0.1) is 0 Å². The molecule has 1 aromatic carbocycles. The Kier molecular flexibility index (Phi) is 7.68. The maximum Gasteiger partial charge on any atom is 0.389 e. The van der Waals surface area contributed by atoms with Gasteiger partial charge in [0, 0.05) is 44.8 Å². The fourth-order valence-corrected chi connectivity index (χ4v) is 5.40. The van der Waals surface area contributed by atoms with Gasteiger partial charge in [-0.1, -0.05) is 6.07 Å². The topological polar surface area (TPSA) is 104 Å². The van der Waals surface area contributed by atoms with Crippen LogP contribution in [0.15, 0.2) is 30.3 Å². The minimum Gasteiger partial charge on any atom is -0.378 e. The highest BCUT2D eigenvalue weighted by molar-refractivity contribution is 5.99. The number of nitrogens with zero attached hydrogens (tertiary/aromatic N) is 4. The molecule has 4 heterocycles. The molecule has 2 atom stereocenters. The summed E-state index contributed by atoms with van der Waals surface area (Å²) in [6.45, 7) is 5.30. The number of hydrogen-bond acceptors (Lipinski definition) is 6. The molecule has 0 aliphatic carbocycles. The van der Waals surface area contributed by atoms with E-state index in [-0.39, 0.29) is 19.0 Å². The lowest BCUT2D eigenvalue weighted by Gasteiger charge is -2.29. The van der Waals surface area contributed by atoms with Crippen molar-refractivity contribution in [1.29, 1.82) is 0 Å². The van der Waals surface area contributed by atoms with Gasteiger partial charge < -0.3 is 25.6 Å². The van der Waals surface area contributed by atoms with E-state index in [0.717, 1.165) is 22.5 Å². The number of carbonyl (C=O) groups is 2. The van der Waals surface area contributed by atoms with E-state index in [9.17, 15) is 22.8 Å². The van der Waals surface area contributed by atoms with Crippen molar-refractivity contribution in [2.45, 2.75) is 38.4 Å². The van der Waals surface area contributed by atoms with Crippen molar-refractivity contribution >= 4 is 29.3 Å². The molecular weight excluding hydrogens is 513 g/mol. The smallest absolute Gasteiger partial charge is 0.378 e. The highest BCUT2D eigenvalue weighted by atomic mass is 19.4. The number of alkyl halides is 3. The molecule has 1 aromatic heterocycles. The molecule has 5 rings (SSSR count). The first-order valence-corrected chi connectivity index (χ1v) is 13.2. The van der Waals surface area contributed by atoms with E-state index < -0.39 is 30.6 Å². The Balaban J connectivity index is 1.40. The molecule has 3 aliphatic rings. The van der Waals surface area contributed by atoms with E-state index in [1.807, 2.05) is 31.2 Å². The largest absolute Gasteiger partial charge is 0.389 e. The Hall–Kier alpha value is -3.38. The number of ether oxygens (including phenoxy) is 1. The number of hydrogen-bond donors (Lipinski definition) is 2. The molecule has 0 saturated carbocycles. The quantitative estimate of drug-likeness (QED) is 0.592. The van der Waals surface area contributed by atoms with Gasteiger partial charge in [-0.05, 0) is 66.6 Å². The zero-order valence-electron chi connectivity index (χ0n) is 21.8. The molecule has 3 saturated heterocycles. The van der Waals surface area contributed by atoms with Crippen LogP contribution >= 0.6 is 0 Å². The first-order valence-electron chi connectivity index (χ1n) is 13.2. The average molecular weight is 547 g/mol. The summed E-state index contributed by atoms with van der Waals surface area (Å²) in [4.78, 5) is 35.5. The van der Waals surface area contributed by atoms with E-state index in [4.69, 9.17) is 15.5 Å². The van der Waals surface area contributed by atoms with Crippen LogP contribution in [0.3, 0.4) is 0 Å². The minimum absolute atomic E-state index is 0.0761. The lowest BCUT2D eigenvalue weighted by molar-refractivity contribution is -0.143. The number of likely N-dealkylation sites (tertiary alicyclic amines) is 1. The van der Waals surface area contributed by atoms with Crippen molar-refractivity contribution in [3.8, 4) is 11.1 Å². The van der Waals surface area contributed by atoms with E-state index in [1.165, 1.54) is 4.90 Å². The molecule has 12 heteroatoms. The normalized spacial score (nSPS) is 22.1. The summed E-state index contributed by atoms with van der Waals surface area (Å²) < 4.78 is 43.8. The molecule has 3 aliphatic heterocycles. The molecule has 3 N–H and O–H groups in total. The predicted octanol–water partition coefficient (Wildman–Crippen LogP) is 3.76. The van der Waals surface area contributed by atoms with Crippen LogP contribution in [0.1, 0.15) is 24.8 Å². The number of carbonyl (C=O) groups excluding carboxylic acids is 2. The van der Waals surface area contributed by atoms with Crippen molar-refractivity contribution in [2.24, 2.45) is 11.7 Å². The molecule has 9 nitrogen and oxygen atoms in total. The van der Waals surface area contributed by atoms with Crippen LogP contribution in [0, 0.1) is 12.8 Å². The number of anilines is 3. The monoisotopic (exact) mass is 546 g/mol. The van der Waals surface area contributed by atoms with E-state index >= 15 is 0 Å². The van der Waals surface area contributed by atoms with Gasteiger partial charge in [0.05, 0.1) is 19.3 Å². The molecule has 0 bridgehead atoms. The lowest BCUT2D eigenvalue weighted by atomic mass is 10.00. The Labute approximate surface area is 225 Å². The van der Waals surface area contributed by atoms with E-state index in [2.05, 4.69) is 10.2 Å². The van der Waals surface area contributed by atoms with Gasteiger partial charge in [0.1, 0.15) is 11.6 Å². The number of morpholine rings is 1. The number of nitrogens with two attached hydrogens (primary N) is 1. The van der Waals surface area contributed by atoms with Crippen LogP contribution in [0.5, 0.6) is 0 Å². The van der Waals surface area contributed by atoms with Gasteiger partial charge in [0.15, 0.2) is 0 Å². The first kappa shape index (κ1) is 27.2. The molecule has 0 radical (unpaired) electrons. The van der Waals surface area contributed by atoms with Gasteiger partial charge in [-0.2, -0.15) is 13.2 Å². The fraction of sp³-hybridized carbons (Fsp3) is 0.519. The van der Waals surface area contributed by atoms with Gasteiger partial charge in [0.25, 0.3) is 0 Å². The number of pyridine rings is 1. The van der Waals surface area contributed by atoms with Crippen molar-refractivity contribution < 1.29 is 27.5 Å². The number of urea groups is 1. The minimum atomic E-state index is -4.24. The van der Waals surface area contributed by atoms with Gasteiger partial charge in [0.2, 0.25) is 5.91 Å². The molecule has 210 valence electrons. The molecule has 0 spiro atoms. The van der Waals surface area contributed by atoms with E-state index in [1.54, 1.807) is 11.0 Å². The molecule has 0 unspecified atom stereocenters. The van der Waals surface area contributed by atoms with Crippen molar-refractivity contribution in [1.82, 2.24) is 9.88 Å². The Morgan fingerprint density at radius 3 is 2.54 bits per heavy atom. The Bertz CT molecular complexity index is 1230. The third-order valence-electron chi connectivity index (χ3n) is 7.55. The number of halogens is 3. The second-order valence-corrected chi connectivity index (χ2v) is 10.4. The van der Waals surface area contributed by atoms with Gasteiger partial charge >= 0.3 is 12.2 Å². The SMILES string of the molecule is Cc1ccc(NC(=O)N2CC[C@@H](CC(F)(F)F)C2)cc1-c1cc(N2CCOCC2)nc(N2CC[C@H](N)C2=O)c1. The summed E-state index contributed by atoms with van der Waals surface area (Å²) in [7, 11) is 0. The first-order chi connectivity index (χ1) is 18.6. The van der Waals surface area contributed by atoms with Crippen LogP contribution in [0.2, 0.25) is 0 Å². The Morgan fingerprint density at radius 1 is 1.10 bits per heavy atom. The maximum atomic E-state index is 12.9. The second-order valence-electron chi connectivity index (χ2n) is 10.4. The number of aryl methyl sites for hydroxylation is 1. The average Bonchev–Trinajstić information content (AvgIpc) is 3.50. The molecule has 2 aromatic rings. The van der Waals surface area contributed by atoms with E-state index in [0.29, 0.717) is 57.2 Å². The van der Waals surface area contributed by atoms with Gasteiger partial charge in [-0.3, -0.25) is 9.69 Å². The van der Waals surface area contributed by atoms with Crippen LogP contribution in [-0.4, -0.2) is 80.0 Å². The number of rotatable bonds is 5. The highest BCUT2D eigenvalue weighted by Gasteiger charge is 2.36. The number of aromatic nitrogens is 1. The number of amides is 3. The van der Waals surface area contributed by atoms with Crippen molar-refractivity contribution in [3.05, 3.63) is 35.9 Å². The van der Waals surface area contributed by atoms with Crippen LogP contribution in [0.4, 0.5) is 35.3 Å². The molecular formula is C27H33F3N6O3. The zero-order valence-corrected chi connectivity index (χ0v) is 21.8. The third-order valence-corrected chi connectivity index (χ3v) is 7.55. The summed E-state index contributed by atoms with van der Waals surface area (Å²) in [5.41, 5.74) is 9.13. The maximum absolute atomic E-state index is 12.9. The zero-order chi connectivity index (χ0) is 27.7. The van der Waals surface area contributed by atoms with Gasteiger partial charge in [-0.25, -0.2) is 9.78 Å². The fourth-order valence-electron chi connectivity index (χ4n) is 5.40. The summed E-state index contributed by atoms with van der Waals surface area (Å²) >= 11 is 0. The summed E-state index contributed by atoms with van der Waals surface area (Å²) in [6, 6.07) is 8.35. The van der Waals surface area contributed by atoms with Crippen molar-refractivity contribution in [3.63, 3.8) is 0 Å². The Morgan fingerprint density at radius 2 is 1.85 bits per heavy atom. The summed E-state index contributed by atoms with van der Waals surface area (Å²) in [5, 5.41) is 2.85. The molecule has 3 amide bonds. The molecule has 3 fully saturated rings. The summed E-state index contributed by atoms with van der Waals surface area (Å²) in [5.74, 6) is 0.494. The molecule has 39 heavy (non-hydrogen) atoms. The van der Waals surface area contributed by atoms with Crippen LogP contribution in [0.25, 0.3) is 11.1 Å². The van der Waals surface area contributed by atoms with Crippen LogP contribution in [-0.2, 0) is 9.53 Å². The number of nitrogens with one attached hydrogen (secondary N) is 1. The number of benzene rings is 1. The highest BCUT2D eigenvalue weighted by Crippen LogP contribution is 2.34. The van der Waals surface area contributed by atoms with Crippen molar-refractivity contribution in [2.75, 3.05) is 61.1 Å².